The highest BCUT2D eigenvalue weighted by Gasteiger charge is 2.16. The molecule has 0 spiro atoms. The fraction of sp³-hybridized carbons (Fsp3) is 0.312. The Morgan fingerprint density at radius 1 is 1.24 bits per heavy atom. The molecule has 21 heavy (non-hydrogen) atoms. The second-order valence-electron chi connectivity index (χ2n) is 4.89. The molecule has 0 unspecified atom stereocenters. The van der Waals surface area contributed by atoms with Crippen LogP contribution in [0.3, 0.4) is 0 Å². The molecule has 0 bridgehead atoms. The van der Waals surface area contributed by atoms with Crippen LogP contribution in [0.15, 0.2) is 30.3 Å². The quantitative estimate of drug-likeness (QED) is 0.915. The summed E-state index contributed by atoms with van der Waals surface area (Å²) in [5.41, 5.74) is 2.99. The van der Waals surface area contributed by atoms with Gasteiger partial charge in [0.15, 0.2) is 11.5 Å². The van der Waals surface area contributed by atoms with Gasteiger partial charge in [-0.1, -0.05) is 12.1 Å². The minimum atomic E-state index is 0.295. The van der Waals surface area contributed by atoms with E-state index >= 15 is 0 Å². The number of nitrogens with zero attached hydrogens (tertiary/aromatic N) is 1. The molecule has 3 rings (SSSR count). The maximum atomic E-state index is 5.49. The van der Waals surface area contributed by atoms with Crippen LogP contribution in [0.2, 0.25) is 0 Å². The van der Waals surface area contributed by atoms with E-state index in [1.807, 2.05) is 37.3 Å². The second kappa shape index (κ2) is 6.01. The fourth-order valence-corrected chi connectivity index (χ4v) is 2.37. The molecule has 0 atom stereocenters. The Balaban J connectivity index is 1.64. The minimum absolute atomic E-state index is 0.295. The van der Waals surface area contributed by atoms with Crippen LogP contribution >= 0.6 is 0 Å². The zero-order valence-corrected chi connectivity index (χ0v) is 12.2. The molecule has 1 aliphatic heterocycles. The van der Waals surface area contributed by atoms with Crippen molar-refractivity contribution in [2.24, 2.45) is 0 Å². The Morgan fingerprint density at radius 2 is 2.14 bits per heavy atom. The van der Waals surface area contributed by atoms with E-state index in [4.69, 9.17) is 14.2 Å². The summed E-state index contributed by atoms with van der Waals surface area (Å²) in [4.78, 5) is 4.49. The van der Waals surface area contributed by atoms with E-state index in [1.165, 1.54) is 0 Å². The zero-order valence-electron chi connectivity index (χ0n) is 12.2. The summed E-state index contributed by atoms with van der Waals surface area (Å²) < 4.78 is 16.1. The molecule has 110 valence electrons. The van der Waals surface area contributed by atoms with Gasteiger partial charge in [0.2, 0.25) is 6.79 Å². The summed E-state index contributed by atoms with van der Waals surface area (Å²) in [5, 5.41) is 3.37. The van der Waals surface area contributed by atoms with Crippen molar-refractivity contribution < 1.29 is 14.2 Å². The molecular weight excluding hydrogens is 268 g/mol. The summed E-state index contributed by atoms with van der Waals surface area (Å²) in [5.74, 6) is 2.47. The van der Waals surface area contributed by atoms with Crippen molar-refractivity contribution in [1.29, 1.82) is 0 Å². The molecule has 5 nitrogen and oxygen atoms in total. The van der Waals surface area contributed by atoms with Crippen LogP contribution < -0.4 is 19.5 Å². The molecular formula is C16H18N2O3. The molecule has 1 aromatic heterocycles. The Hall–Kier alpha value is -2.27. The van der Waals surface area contributed by atoms with Crippen molar-refractivity contribution in [2.45, 2.75) is 20.0 Å². The van der Waals surface area contributed by atoms with Gasteiger partial charge in [-0.2, -0.15) is 0 Å². The lowest BCUT2D eigenvalue weighted by atomic mass is 10.2. The summed E-state index contributed by atoms with van der Waals surface area (Å²) >= 11 is 0. The maximum absolute atomic E-state index is 5.49. The van der Waals surface area contributed by atoms with Crippen molar-refractivity contribution in [2.75, 3.05) is 13.9 Å². The van der Waals surface area contributed by atoms with Gasteiger partial charge in [0, 0.05) is 36.5 Å². The maximum Gasteiger partial charge on any atom is 0.231 e. The number of nitrogens with one attached hydrogen (secondary N) is 1. The van der Waals surface area contributed by atoms with E-state index in [0.717, 1.165) is 34.2 Å². The number of fused-ring (bicyclic) bond motifs is 1. The number of pyridine rings is 1. The zero-order chi connectivity index (χ0) is 14.7. The second-order valence-corrected chi connectivity index (χ2v) is 4.89. The molecule has 1 N–H and O–H groups in total. The Morgan fingerprint density at radius 3 is 3.00 bits per heavy atom. The topological polar surface area (TPSA) is 52.6 Å². The van der Waals surface area contributed by atoms with Gasteiger partial charge in [0.25, 0.3) is 0 Å². The number of aromatic nitrogens is 1. The van der Waals surface area contributed by atoms with Gasteiger partial charge >= 0.3 is 0 Å². The number of aryl methyl sites for hydroxylation is 1. The molecule has 2 heterocycles. The predicted octanol–water partition coefficient (Wildman–Crippen LogP) is 2.42. The van der Waals surface area contributed by atoms with Gasteiger partial charge in [0.05, 0.1) is 12.8 Å². The normalized spacial score (nSPS) is 12.5. The number of benzene rings is 1. The largest absolute Gasteiger partial charge is 0.497 e. The summed E-state index contributed by atoms with van der Waals surface area (Å²) in [6.45, 7) is 3.62. The lowest BCUT2D eigenvalue weighted by Gasteiger charge is -2.09. The Kier molecular flexibility index (Phi) is 3.92. The first-order valence-corrected chi connectivity index (χ1v) is 6.86. The van der Waals surface area contributed by atoms with E-state index in [1.54, 1.807) is 7.11 Å². The molecule has 5 heteroatoms. The highest BCUT2D eigenvalue weighted by molar-refractivity contribution is 5.48. The lowest BCUT2D eigenvalue weighted by molar-refractivity contribution is 0.173. The summed E-state index contributed by atoms with van der Waals surface area (Å²) in [7, 11) is 1.66. The average Bonchev–Trinajstić information content (AvgIpc) is 2.96. The third-order valence-electron chi connectivity index (χ3n) is 3.32. The van der Waals surface area contributed by atoms with Gasteiger partial charge < -0.3 is 19.5 Å². The minimum Gasteiger partial charge on any atom is -0.497 e. The molecule has 0 radical (unpaired) electrons. The molecule has 2 aromatic rings. The van der Waals surface area contributed by atoms with Gasteiger partial charge in [-0.15, -0.1) is 0 Å². The number of rotatable bonds is 5. The van der Waals surface area contributed by atoms with Crippen LogP contribution in [-0.2, 0) is 13.1 Å². The van der Waals surface area contributed by atoms with E-state index in [-0.39, 0.29) is 0 Å². The van der Waals surface area contributed by atoms with E-state index in [9.17, 15) is 0 Å². The van der Waals surface area contributed by atoms with E-state index in [2.05, 4.69) is 10.3 Å². The number of hydrogen-bond acceptors (Lipinski definition) is 5. The molecule has 0 saturated heterocycles. The third-order valence-corrected chi connectivity index (χ3v) is 3.32. The fourth-order valence-electron chi connectivity index (χ4n) is 2.37. The van der Waals surface area contributed by atoms with Gasteiger partial charge in [-0.05, 0) is 13.0 Å². The first-order valence-electron chi connectivity index (χ1n) is 6.86. The smallest absolute Gasteiger partial charge is 0.231 e. The summed E-state index contributed by atoms with van der Waals surface area (Å²) in [6.07, 6.45) is 0. The first-order chi connectivity index (χ1) is 10.3. The van der Waals surface area contributed by atoms with Crippen molar-refractivity contribution in [3.63, 3.8) is 0 Å². The van der Waals surface area contributed by atoms with Crippen LogP contribution in [0.1, 0.15) is 17.0 Å². The van der Waals surface area contributed by atoms with Crippen LogP contribution in [0.25, 0.3) is 0 Å². The van der Waals surface area contributed by atoms with Crippen molar-refractivity contribution in [3.05, 3.63) is 47.3 Å². The van der Waals surface area contributed by atoms with Gasteiger partial charge in [-0.25, -0.2) is 0 Å². The predicted molar refractivity (Wildman–Crippen MR) is 78.6 cm³/mol. The molecule has 1 aliphatic rings. The number of para-hydroxylation sites is 1. The molecule has 0 fully saturated rings. The van der Waals surface area contributed by atoms with E-state index in [0.29, 0.717) is 19.9 Å². The number of methoxy groups -OCH3 is 1. The van der Waals surface area contributed by atoms with E-state index < -0.39 is 0 Å². The Bertz CT molecular complexity index is 643. The lowest BCUT2D eigenvalue weighted by Crippen LogP contribution is -2.14. The standard InChI is InChI=1S/C16H18N2O3/c1-11-6-14(19-2)7-13(18-11)9-17-8-12-4-3-5-15-16(12)21-10-20-15/h3-7,17H,8-10H2,1-2H3. The molecule has 0 aliphatic carbocycles. The average molecular weight is 286 g/mol. The van der Waals surface area contributed by atoms with Crippen molar-refractivity contribution in [3.8, 4) is 17.2 Å². The molecule has 0 amide bonds. The highest BCUT2D eigenvalue weighted by atomic mass is 16.7. The highest BCUT2D eigenvalue weighted by Crippen LogP contribution is 2.35. The Labute approximate surface area is 123 Å². The molecule has 1 aromatic carbocycles. The summed E-state index contributed by atoms with van der Waals surface area (Å²) in [6, 6.07) is 9.77. The van der Waals surface area contributed by atoms with Crippen molar-refractivity contribution >= 4 is 0 Å². The van der Waals surface area contributed by atoms with Crippen molar-refractivity contribution in [1.82, 2.24) is 10.3 Å². The van der Waals surface area contributed by atoms with Gasteiger partial charge in [0.1, 0.15) is 5.75 Å². The number of hydrogen-bond donors (Lipinski definition) is 1. The first kappa shape index (κ1) is 13.7. The van der Waals surface area contributed by atoms with Crippen LogP contribution in [0.5, 0.6) is 17.2 Å². The molecule has 0 saturated carbocycles. The van der Waals surface area contributed by atoms with Crippen LogP contribution in [0.4, 0.5) is 0 Å². The number of ether oxygens (including phenoxy) is 3. The third kappa shape index (κ3) is 3.08. The monoisotopic (exact) mass is 286 g/mol. The van der Waals surface area contributed by atoms with Crippen LogP contribution in [0, 0.1) is 6.92 Å². The van der Waals surface area contributed by atoms with Gasteiger partial charge in [-0.3, -0.25) is 4.98 Å². The SMILES string of the molecule is COc1cc(C)nc(CNCc2cccc3c2OCO3)c1. The van der Waals surface area contributed by atoms with Crippen LogP contribution in [-0.4, -0.2) is 18.9 Å².